The molecule has 2 aromatic rings. The van der Waals surface area contributed by atoms with Gasteiger partial charge in [0.2, 0.25) is 0 Å². The molecule has 4 aliphatic heterocycles. The molecule has 10 nitrogen and oxygen atoms in total. The van der Waals surface area contributed by atoms with Gasteiger partial charge in [0, 0.05) is 23.5 Å². The molecule has 0 saturated carbocycles. The minimum atomic E-state index is -4.81. The SMILES string of the molecule is N#Cc1ccc2c(c1F)[C@@H](O)CC[C@@]21CN2C=C(C(F)(F)F)C=C(OC(F)F)C2=N1.N#Cc1ccc2c(c1F)[C@H](O)CC[C@@]21CN2C=C(C(F)(F)F)C=C(OC(F)F)C2=N1. The molecule has 0 radical (unpaired) electrons. The van der Waals surface area contributed by atoms with Crippen molar-refractivity contribution in [3.05, 3.63) is 116 Å². The largest absolute Gasteiger partial charge is 0.431 e. The van der Waals surface area contributed by atoms with E-state index < -0.39 is 83.2 Å². The summed E-state index contributed by atoms with van der Waals surface area (Å²) in [4.78, 5) is 10.8. The second-order valence-corrected chi connectivity index (χ2v) is 14.2. The van der Waals surface area contributed by atoms with Crippen LogP contribution in [0, 0.1) is 34.3 Å². The van der Waals surface area contributed by atoms with Gasteiger partial charge in [-0.15, -0.1) is 0 Å². The summed E-state index contributed by atoms with van der Waals surface area (Å²) < 4.78 is 169. The van der Waals surface area contributed by atoms with Crippen molar-refractivity contribution in [2.24, 2.45) is 9.98 Å². The summed E-state index contributed by atoms with van der Waals surface area (Å²) >= 11 is 0. The van der Waals surface area contributed by atoms with E-state index >= 15 is 0 Å². The van der Waals surface area contributed by atoms with Gasteiger partial charge < -0.3 is 29.5 Å². The number of nitrogens with zero attached hydrogens (tertiary/aromatic N) is 6. The van der Waals surface area contributed by atoms with Gasteiger partial charge in [-0.3, -0.25) is 9.98 Å². The molecule has 0 fully saturated rings. The van der Waals surface area contributed by atoms with Crippen molar-refractivity contribution in [1.29, 1.82) is 10.5 Å². The third kappa shape index (κ3) is 7.31. The molecule has 60 heavy (non-hydrogen) atoms. The number of rotatable bonds is 4. The van der Waals surface area contributed by atoms with Gasteiger partial charge in [0.05, 0.1) is 47.6 Å². The Morgan fingerprint density at radius 1 is 0.667 bits per heavy atom. The summed E-state index contributed by atoms with van der Waals surface area (Å²) in [6.07, 6.45) is -9.44. The van der Waals surface area contributed by atoms with Crippen molar-refractivity contribution in [3.63, 3.8) is 0 Å². The van der Waals surface area contributed by atoms with E-state index in [4.69, 9.17) is 10.5 Å². The molecule has 4 heterocycles. The topological polar surface area (TPSA) is 138 Å². The Labute approximate surface area is 330 Å². The van der Waals surface area contributed by atoms with Gasteiger partial charge in [0.15, 0.2) is 23.2 Å². The van der Waals surface area contributed by atoms with Crippen molar-refractivity contribution in [2.45, 2.75) is 74.5 Å². The van der Waals surface area contributed by atoms with Gasteiger partial charge in [-0.1, -0.05) is 12.1 Å². The quantitative estimate of drug-likeness (QED) is 0.295. The number of nitriles is 2. The minimum Gasteiger partial charge on any atom is -0.431 e. The van der Waals surface area contributed by atoms with Crippen molar-refractivity contribution >= 4 is 11.7 Å². The summed E-state index contributed by atoms with van der Waals surface area (Å²) in [5, 5.41) is 38.6. The van der Waals surface area contributed by atoms with Crippen LogP contribution in [0.2, 0.25) is 0 Å². The predicted molar refractivity (Wildman–Crippen MR) is 181 cm³/mol. The Bertz CT molecular complexity index is 2250. The lowest BCUT2D eigenvalue weighted by molar-refractivity contribution is -0.0981. The van der Waals surface area contributed by atoms with Crippen LogP contribution in [-0.4, -0.2) is 70.3 Å². The number of halogens is 12. The van der Waals surface area contributed by atoms with Gasteiger partial charge in [-0.25, -0.2) is 8.78 Å². The first-order valence-electron chi connectivity index (χ1n) is 17.6. The third-order valence-corrected chi connectivity index (χ3v) is 10.7. The molecular formula is C38H26F12N6O4. The lowest BCUT2D eigenvalue weighted by Gasteiger charge is -2.36. The molecule has 0 bridgehead atoms. The van der Waals surface area contributed by atoms with Crippen molar-refractivity contribution < 1.29 is 72.4 Å². The molecule has 8 rings (SSSR count). The molecule has 0 unspecified atom stereocenters. The van der Waals surface area contributed by atoms with Gasteiger partial charge in [0.25, 0.3) is 0 Å². The van der Waals surface area contributed by atoms with Crippen LogP contribution < -0.4 is 0 Å². The minimum absolute atomic E-state index is 0.0218. The third-order valence-electron chi connectivity index (χ3n) is 10.7. The zero-order valence-corrected chi connectivity index (χ0v) is 30.1. The second-order valence-electron chi connectivity index (χ2n) is 14.2. The molecule has 0 saturated heterocycles. The Morgan fingerprint density at radius 3 is 1.35 bits per heavy atom. The Kier molecular flexibility index (Phi) is 10.5. The fraction of sp³-hybridized carbons (Fsp3) is 0.368. The summed E-state index contributed by atoms with van der Waals surface area (Å²) in [6, 6.07) is 8.48. The van der Waals surface area contributed by atoms with E-state index in [1.807, 2.05) is 0 Å². The Hall–Kier alpha value is -6.00. The van der Waals surface area contributed by atoms with Crippen LogP contribution in [0.15, 0.2) is 81.5 Å². The maximum absolute atomic E-state index is 14.7. The first-order chi connectivity index (χ1) is 28.1. The van der Waals surface area contributed by atoms with E-state index in [1.54, 1.807) is 12.1 Å². The number of ether oxygens (including phenoxy) is 2. The molecule has 6 aliphatic rings. The van der Waals surface area contributed by atoms with Crippen LogP contribution in [0.4, 0.5) is 52.7 Å². The number of amidine groups is 2. The Balaban J connectivity index is 0.000000181. The molecule has 316 valence electrons. The number of alkyl halides is 10. The highest BCUT2D eigenvalue weighted by molar-refractivity contribution is 6.01. The average Bonchev–Trinajstić information content (AvgIpc) is 3.74. The van der Waals surface area contributed by atoms with E-state index in [1.165, 1.54) is 24.3 Å². The fourth-order valence-corrected chi connectivity index (χ4v) is 8.11. The summed E-state index contributed by atoms with van der Waals surface area (Å²) in [5.74, 6) is -3.85. The summed E-state index contributed by atoms with van der Waals surface area (Å²) in [5.41, 5.74) is -5.51. The molecule has 0 amide bonds. The summed E-state index contributed by atoms with van der Waals surface area (Å²) in [7, 11) is 0. The van der Waals surface area contributed by atoms with Crippen LogP contribution in [0.3, 0.4) is 0 Å². The monoisotopic (exact) mass is 858 g/mol. The maximum atomic E-state index is 14.7. The van der Waals surface area contributed by atoms with Crippen LogP contribution >= 0.6 is 0 Å². The number of aliphatic imine (C=N–C) groups is 2. The number of aliphatic hydroxyl groups is 2. The number of aliphatic hydroxyl groups excluding tert-OH is 2. The highest BCUT2D eigenvalue weighted by Crippen LogP contribution is 2.51. The molecule has 2 aromatic carbocycles. The van der Waals surface area contributed by atoms with Gasteiger partial charge in [0.1, 0.15) is 34.9 Å². The Morgan fingerprint density at radius 2 is 1.03 bits per heavy atom. The van der Waals surface area contributed by atoms with E-state index in [0.717, 1.165) is 22.2 Å². The van der Waals surface area contributed by atoms with E-state index in [0.29, 0.717) is 12.2 Å². The van der Waals surface area contributed by atoms with Gasteiger partial charge in [-0.2, -0.15) is 54.4 Å². The highest BCUT2D eigenvalue weighted by atomic mass is 19.4. The molecule has 22 heteroatoms. The molecule has 0 aromatic heterocycles. The molecule has 2 spiro atoms. The van der Waals surface area contributed by atoms with Crippen molar-refractivity contribution in [1.82, 2.24) is 9.80 Å². The van der Waals surface area contributed by atoms with E-state index in [2.05, 4.69) is 19.5 Å². The first kappa shape index (κ1) is 42.1. The zero-order chi connectivity index (χ0) is 43.7. The van der Waals surface area contributed by atoms with Crippen LogP contribution in [-0.2, 0) is 20.6 Å². The number of hydrogen-bond donors (Lipinski definition) is 2. The fourth-order valence-electron chi connectivity index (χ4n) is 8.11. The average molecular weight is 859 g/mol. The van der Waals surface area contributed by atoms with Gasteiger partial charge in [-0.05, 0) is 61.1 Å². The van der Waals surface area contributed by atoms with Crippen molar-refractivity contribution in [3.8, 4) is 12.1 Å². The number of hydrogen-bond acceptors (Lipinski definition) is 10. The normalized spacial score (nSPS) is 25.4. The molecule has 4 atom stereocenters. The van der Waals surface area contributed by atoms with Crippen LogP contribution in [0.5, 0.6) is 0 Å². The number of benzene rings is 2. The second kappa shape index (κ2) is 14.9. The smallest absolute Gasteiger partial charge is 0.417 e. The molecule has 2 N–H and O–H groups in total. The van der Waals surface area contributed by atoms with Crippen LogP contribution in [0.1, 0.15) is 71.3 Å². The highest BCUT2D eigenvalue weighted by Gasteiger charge is 2.51. The lowest BCUT2D eigenvalue weighted by Crippen LogP contribution is -2.37. The van der Waals surface area contributed by atoms with E-state index in [9.17, 15) is 62.9 Å². The zero-order valence-electron chi connectivity index (χ0n) is 30.1. The lowest BCUT2D eigenvalue weighted by atomic mass is 9.75. The molecule has 2 aliphatic carbocycles. The van der Waals surface area contributed by atoms with Crippen molar-refractivity contribution in [2.75, 3.05) is 13.1 Å². The summed E-state index contributed by atoms with van der Waals surface area (Å²) in [6.45, 7) is -7.14. The first-order valence-corrected chi connectivity index (χ1v) is 17.6. The maximum Gasteiger partial charge on any atom is 0.417 e. The molecular weight excluding hydrogens is 832 g/mol. The van der Waals surface area contributed by atoms with Crippen LogP contribution in [0.25, 0.3) is 0 Å². The number of fused-ring (bicyclic) bond motifs is 6. The predicted octanol–water partition coefficient (Wildman–Crippen LogP) is 8.03. The van der Waals surface area contributed by atoms with E-state index in [-0.39, 0.29) is 83.8 Å². The standard InChI is InChI=1S/2C19H13F6N3O2/c2*20-15-9(6-26)1-2-11-14(15)12(29)3-4-18(11)8-28-7-10(19(23,24)25)5-13(16(28)27-18)30-17(21)22/h2*1-2,5,7,12,17,29H,3-4,8H2/t12-,18+;12-,18-/m01/s1. The van der Waals surface area contributed by atoms with Gasteiger partial charge >= 0.3 is 25.6 Å². The number of allylic oxidation sites excluding steroid dienone is 4.